The lowest BCUT2D eigenvalue weighted by Gasteiger charge is -2.25. The van der Waals surface area contributed by atoms with Crippen LogP contribution >= 0.6 is 11.6 Å². The van der Waals surface area contributed by atoms with Crippen molar-refractivity contribution >= 4 is 21.6 Å². The third-order valence-corrected chi connectivity index (χ3v) is 5.97. The molecule has 3 rings (SSSR count). The van der Waals surface area contributed by atoms with Gasteiger partial charge in [0.25, 0.3) is 10.0 Å². The fourth-order valence-corrected chi connectivity index (χ4v) is 5.04. The van der Waals surface area contributed by atoms with E-state index in [9.17, 15) is 8.42 Å². The smallest absolute Gasteiger partial charge is 0.260 e. The van der Waals surface area contributed by atoms with E-state index in [1.807, 2.05) is 0 Å². The van der Waals surface area contributed by atoms with Crippen molar-refractivity contribution in [2.75, 3.05) is 6.54 Å². The Hall–Kier alpha value is -0.590. The lowest BCUT2D eigenvalue weighted by atomic mass is 10.1. The van der Waals surface area contributed by atoms with Gasteiger partial charge in [0.05, 0.1) is 12.1 Å². The van der Waals surface area contributed by atoms with Crippen molar-refractivity contribution in [3.63, 3.8) is 0 Å². The summed E-state index contributed by atoms with van der Waals surface area (Å²) in [5.74, 6) is 0.699. The van der Waals surface area contributed by atoms with Crippen LogP contribution in [0.1, 0.15) is 24.8 Å². The van der Waals surface area contributed by atoms with Crippen LogP contribution in [0.3, 0.4) is 0 Å². The van der Waals surface area contributed by atoms with Crippen molar-refractivity contribution in [1.29, 1.82) is 0 Å². The Labute approximate surface area is 105 Å². The molecule has 17 heavy (non-hydrogen) atoms. The van der Waals surface area contributed by atoms with E-state index in [0.29, 0.717) is 18.0 Å². The SMILES string of the molecule is O=S(=O)(c1[nH]ncc1CCl)N1CC2CCC1C2. The molecule has 1 aromatic heterocycles. The monoisotopic (exact) mass is 275 g/mol. The largest absolute Gasteiger partial charge is 0.266 e. The first kappa shape index (κ1) is 11.5. The molecule has 1 N–H and O–H groups in total. The summed E-state index contributed by atoms with van der Waals surface area (Å²) in [5.41, 5.74) is 0.550. The Kier molecular flexibility index (Phi) is 2.68. The molecule has 2 heterocycles. The Bertz CT molecular complexity index is 527. The molecule has 2 unspecified atom stereocenters. The number of alkyl halides is 1. The number of aromatic nitrogens is 2. The van der Waals surface area contributed by atoms with E-state index in [-0.39, 0.29) is 16.9 Å². The van der Waals surface area contributed by atoms with Crippen molar-refractivity contribution < 1.29 is 8.42 Å². The highest BCUT2D eigenvalue weighted by Gasteiger charge is 2.45. The van der Waals surface area contributed by atoms with Gasteiger partial charge in [-0.25, -0.2) is 8.42 Å². The van der Waals surface area contributed by atoms with Crippen LogP contribution in [-0.4, -0.2) is 35.5 Å². The Morgan fingerprint density at radius 1 is 1.53 bits per heavy atom. The molecule has 1 aromatic rings. The number of piperidine rings is 1. The standard InChI is InChI=1S/C10H14ClN3O2S/c11-4-8-5-12-13-10(8)17(15,16)14-6-7-1-2-9(14)3-7/h5,7,9H,1-4,6H2,(H,12,13). The number of nitrogens with zero attached hydrogens (tertiary/aromatic N) is 2. The highest BCUT2D eigenvalue weighted by atomic mass is 35.5. The quantitative estimate of drug-likeness (QED) is 0.846. The van der Waals surface area contributed by atoms with Crippen LogP contribution in [-0.2, 0) is 15.9 Å². The van der Waals surface area contributed by atoms with E-state index in [1.165, 1.54) is 6.20 Å². The average Bonchev–Trinajstić information content (AvgIpc) is 3.04. The van der Waals surface area contributed by atoms with Gasteiger partial charge in [-0.05, 0) is 25.2 Å². The molecule has 0 radical (unpaired) electrons. The molecule has 0 aromatic carbocycles. The molecule has 2 bridgehead atoms. The molecule has 2 aliphatic rings. The van der Waals surface area contributed by atoms with Gasteiger partial charge in [-0.2, -0.15) is 9.40 Å². The van der Waals surface area contributed by atoms with E-state index in [1.54, 1.807) is 4.31 Å². The Morgan fingerprint density at radius 3 is 2.94 bits per heavy atom. The minimum absolute atomic E-state index is 0.160. The summed E-state index contributed by atoms with van der Waals surface area (Å²) in [6, 6.07) is 0.177. The summed E-state index contributed by atoms with van der Waals surface area (Å²) >= 11 is 5.72. The summed E-state index contributed by atoms with van der Waals surface area (Å²) in [4.78, 5) is 0. The van der Waals surface area contributed by atoms with E-state index >= 15 is 0 Å². The second kappa shape index (κ2) is 3.96. The van der Waals surface area contributed by atoms with Crippen LogP contribution in [0.15, 0.2) is 11.2 Å². The van der Waals surface area contributed by atoms with Gasteiger partial charge in [-0.1, -0.05) is 0 Å². The maximum Gasteiger partial charge on any atom is 0.260 e. The van der Waals surface area contributed by atoms with Crippen molar-refractivity contribution in [1.82, 2.24) is 14.5 Å². The molecule has 5 nitrogen and oxygen atoms in total. The molecule has 0 amide bonds. The number of hydrogen-bond donors (Lipinski definition) is 1. The molecule has 94 valence electrons. The Balaban J connectivity index is 1.96. The van der Waals surface area contributed by atoms with E-state index in [4.69, 9.17) is 11.6 Å². The summed E-state index contributed by atoms with van der Waals surface area (Å²) < 4.78 is 26.5. The molecule has 2 atom stereocenters. The number of hydrogen-bond acceptors (Lipinski definition) is 3. The maximum atomic E-state index is 12.5. The Morgan fingerprint density at radius 2 is 2.35 bits per heavy atom. The number of sulfonamides is 1. The van der Waals surface area contributed by atoms with Gasteiger partial charge in [0.2, 0.25) is 0 Å². The maximum absolute atomic E-state index is 12.5. The molecule has 1 saturated carbocycles. The zero-order valence-corrected chi connectivity index (χ0v) is 10.8. The number of rotatable bonds is 3. The fraction of sp³-hybridized carbons (Fsp3) is 0.700. The molecular formula is C10H14ClN3O2S. The average molecular weight is 276 g/mol. The highest BCUT2D eigenvalue weighted by Crippen LogP contribution is 2.40. The summed E-state index contributed by atoms with van der Waals surface area (Å²) in [7, 11) is -3.44. The van der Waals surface area contributed by atoms with Crippen LogP contribution in [0.4, 0.5) is 0 Å². The lowest BCUT2D eigenvalue weighted by molar-refractivity contribution is 0.332. The predicted molar refractivity (Wildman–Crippen MR) is 63.2 cm³/mol. The molecule has 2 fully saturated rings. The molecular weight excluding hydrogens is 262 g/mol. The van der Waals surface area contributed by atoms with Crippen molar-refractivity contribution in [2.24, 2.45) is 5.92 Å². The van der Waals surface area contributed by atoms with Crippen molar-refractivity contribution in [3.05, 3.63) is 11.8 Å². The van der Waals surface area contributed by atoms with E-state index < -0.39 is 10.0 Å². The normalized spacial score (nSPS) is 29.0. The molecule has 1 aliphatic carbocycles. The number of halogens is 1. The number of nitrogens with one attached hydrogen (secondary N) is 1. The molecule has 1 saturated heterocycles. The highest BCUT2D eigenvalue weighted by molar-refractivity contribution is 7.89. The van der Waals surface area contributed by atoms with Gasteiger partial charge in [0, 0.05) is 18.2 Å². The summed E-state index contributed by atoms with van der Waals surface area (Å²) in [6.45, 7) is 0.647. The summed E-state index contributed by atoms with van der Waals surface area (Å²) in [5, 5.41) is 6.51. The van der Waals surface area contributed by atoms with Crippen LogP contribution in [0, 0.1) is 5.92 Å². The van der Waals surface area contributed by atoms with Crippen LogP contribution in [0.2, 0.25) is 0 Å². The van der Waals surface area contributed by atoms with Crippen LogP contribution < -0.4 is 0 Å². The predicted octanol–water partition coefficient (Wildman–Crippen LogP) is 1.32. The van der Waals surface area contributed by atoms with Crippen LogP contribution in [0.25, 0.3) is 0 Å². The first-order valence-electron chi connectivity index (χ1n) is 5.73. The van der Waals surface area contributed by atoms with Crippen molar-refractivity contribution in [2.45, 2.75) is 36.2 Å². The number of H-pyrrole nitrogens is 1. The van der Waals surface area contributed by atoms with Gasteiger partial charge >= 0.3 is 0 Å². The zero-order valence-electron chi connectivity index (χ0n) is 9.26. The number of fused-ring (bicyclic) bond motifs is 2. The molecule has 7 heteroatoms. The van der Waals surface area contributed by atoms with Gasteiger partial charge < -0.3 is 0 Å². The minimum atomic E-state index is -3.44. The second-order valence-corrected chi connectivity index (χ2v) is 6.86. The second-order valence-electron chi connectivity index (χ2n) is 4.77. The first-order chi connectivity index (χ1) is 8.13. The van der Waals surface area contributed by atoms with Gasteiger partial charge in [-0.15, -0.1) is 11.6 Å². The topological polar surface area (TPSA) is 66.1 Å². The third-order valence-electron chi connectivity index (χ3n) is 3.75. The van der Waals surface area contributed by atoms with Gasteiger partial charge in [0.1, 0.15) is 0 Å². The minimum Gasteiger partial charge on any atom is -0.266 e. The van der Waals surface area contributed by atoms with Gasteiger partial charge in [-0.3, -0.25) is 5.10 Å². The lowest BCUT2D eigenvalue weighted by Crippen LogP contribution is -2.38. The van der Waals surface area contributed by atoms with Crippen molar-refractivity contribution in [3.8, 4) is 0 Å². The van der Waals surface area contributed by atoms with Crippen LogP contribution in [0.5, 0.6) is 0 Å². The van der Waals surface area contributed by atoms with Gasteiger partial charge in [0.15, 0.2) is 5.03 Å². The molecule has 1 aliphatic heterocycles. The zero-order chi connectivity index (χ0) is 12.0. The number of aromatic amines is 1. The van der Waals surface area contributed by atoms with E-state index in [2.05, 4.69) is 10.2 Å². The first-order valence-corrected chi connectivity index (χ1v) is 7.70. The fourth-order valence-electron chi connectivity index (χ4n) is 2.91. The third kappa shape index (κ3) is 1.70. The summed E-state index contributed by atoms with van der Waals surface area (Å²) in [6.07, 6.45) is 4.62. The molecule has 0 spiro atoms. The van der Waals surface area contributed by atoms with E-state index in [0.717, 1.165) is 19.3 Å².